The smallest absolute Gasteiger partial charge is 0.227 e. The molecule has 2 atom stereocenters. The molecule has 3 N–H and O–H groups in total. The first kappa shape index (κ1) is 12.7. The largest absolute Gasteiger partial charge is 0.494 e. The predicted molar refractivity (Wildman–Crippen MR) is 72.5 cm³/mol. The Morgan fingerprint density at radius 2 is 2.22 bits per heavy atom. The Morgan fingerprint density at radius 3 is 2.83 bits per heavy atom. The molecule has 2 unspecified atom stereocenters. The fraction of sp³-hybridized carbons (Fsp3) is 0.500. The molecule has 0 saturated heterocycles. The van der Waals surface area contributed by atoms with Crippen LogP contribution in [0.4, 0.5) is 11.4 Å². The number of hydrogen-bond donors (Lipinski definition) is 2. The van der Waals surface area contributed by atoms with E-state index in [4.69, 9.17) is 10.5 Å². The molecule has 4 nitrogen and oxygen atoms in total. The summed E-state index contributed by atoms with van der Waals surface area (Å²) in [7, 11) is 1.57. The fourth-order valence-electron chi connectivity index (χ4n) is 2.57. The molecule has 1 aromatic carbocycles. The monoisotopic (exact) mass is 248 g/mol. The van der Waals surface area contributed by atoms with Gasteiger partial charge in [-0.25, -0.2) is 0 Å². The van der Waals surface area contributed by atoms with E-state index >= 15 is 0 Å². The minimum Gasteiger partial charge on any atom is -0.494 e. The van der Waals surface area contributed by atoms with E-state index in [-0.39, 0.29) is 11.8 Å². The molecule has 0 radical (unpaired) electrons. The SMILES string of the molecule is COc1cc(N)ccc1NC(=O)C1CCCC1C. The molecule has 1 aliphatic carbocycles. The maximum absolute atomic E-state index is 12.2. The Bertz CT molecular complexity index is 445. The summed E-state index contributed by atoms with van der Waals surface area (Å²) < 4.78 is 5.22. The summed E-state index contributed by atoms with van der Waals surface area (Å²) in [5.74, 6) is 1.27. The van der Waals surface area contributed by atoms with Gasteiger partial charge in [0.15, 0.2) is 0 Å². The lowest BCUT2D eigenvalue weighted by Crippen LogP contribution is -2.24. The number of nitrogens with two attached hydrogens (primary N) is 1. The van der Waals surface area contributed by atoms with Crippen molar-refractivity contribution < 1.29 is 9.53 Å². The molecule has 1 amide bonds. The van der Waals surface area contributed by atoms with Crippen LogP contribution in [0.3, 0.4) is 0 Å². The number of rotatable bonds is 3. The quantitative estimate of drug-likeness (QED) is 0.808. The Labute approximate surface area is 108 Å². The van der Waals surface area contributed by atoms with Gasteiger partial charge in [-0.2, -0.15) is 0 Å². The lowest BCUT2D eigenvalue weighted by molar-refractivity contribution is -0.120. The second-order valence-corrected chi connectivity index (χ2v) is 4.96. The first-order valence-corrected chi connectivity index (χ1v) is 6.36. The maximum Gasteiger partial charge on any atom is 0.227 e. The van der Waals surface area contributed by atoms with Gasteiger partial charge in [0.1, 0.15) is 5.75 Å². The molecule has 1 aromatic rings. The molecule has 18 heavy (non-hydrogen) atoms. The normalized spacial score (nSPS) is 22.8. The van der Waals surface area contributed by atoms with Gasteiger partial charge < -0.3 is 15.8 Å². The van der Waals surface area contributed by atoms with E-state index in [2.05, 4.69) is 12.2 Å². The average molecular weight is 248 g/mol. The average Bonchev–Trinajstić information content (AvgIpc) is 2.77. The van der Waals surface area contributed by atoms with Gasteiger partial charge in [-0.05, 0) is 30.9 Å². The van der Waals surface area contributed by atoms with Crippen LogP contribution in [0.25, 0.3) is 0 Å². The highest BCUT2D eigenvalue weighted by Crippen LogP contribution is 2.33. The highest BCUT2D eigenvalue weighted by Gasteiger charge is 2.29. The van der Waals surface area contributed by atoms with Crippen molar-refractivity contribution in [2.45, 2.75) is 26.2 Å². The van der Waals surface area contributed by atoms with Crippen LogP contribution in [0.2, 0.25) is 0 Å². The summed E-state index contributed by atoms with van der Waals surface area (Å²) in [6.45, 7) is 2.14. The molecule has 0 heterocycles. The molecule has 0 aromatic heterocycles. The zero-order chi connectivity index (χ0) is 13.1. The first-order chi connectivity index (χ1) is 8.61. The Balaban J connectivity index is 2.11. The minimum atomic E-state index is 0.0862. The van der Waals surface area contributed by atoms with Crippen LogP contribution in [0.1, 0.15) is 26.2 Å². The number of anilines is 2. The maximum atomic E-state index is 12.2. The summed E-state index contributed by atoms with van der Waals surface area (Å²) >= 11 is 0. The van der Waals surface area contributed by atoms with Gasteiger partial charge in [-0.1, -0.05) is 13.3 Å². The van der Waals surface area contributed by atoms with Crippen LogP contribution in [-0.4, -0.2) is 13.0 Å². The van der Waals surface area contributed by atoms with Gasteiger partial charge in [-0.3, -0.25) is 4.79 Å². The molecule has 2 rings (SSSR count). The van der Waals surface area contributed by atoms with Gasteiger partial charge in [0, 0.05) is 17.7 Å². The van der Waals surface area contributed by atoms with Gasteiger partial charge in [0.25, 0.3) is 0 Å². The Morgan fingerprint density at radius 1 is 1.44 bits per heavy atom. The number of ether oxygens (including phenoxy) is 1. The van der Waals surface area contributed by atoms with Crippen molar-refractivity contribution in [3.63, 3.8) is 0 Å². The van der Waals surface area contributed by atoms with Crippen molar-refractivity contribution in [3.8, 4) is 5.75 Å². The number of nitrogen functional groups attached to an aromatic ring is 1. The van der Waals surface area contributed by atoms with Crippen LogP contribution in [0, 0.1) is 11.8 Å². The number of nitrogens with one attached hydrogen (secondary N) is 1. The Hall–Kier alpha value is -1.71. The number of hydrogen-bond acceptors (Lipinski definition) is 3. The van der Waals surface area contributed by atoms with E-state index in [1.807, 2.05) is 0 Å². The number of carbonyl (C=O) groups is 1. The highest BCUT2D eigenvalue weighted by atomic mass is 16.5. The third kappa shape index (κ3) is 2.58. The second-order valence-electron chi connectivity index (χ2n) is 4.96. The summed E-state index contributed by atoms with van der Waals surface area (Å²) in [4.78, 5) is 12.2. The van der Waals surface area contributed by atoms with E-state index in [1.54, 1.807) is 25.3 Å². The standard InChI is InChI=1S/C14H20N2O2/c1-9-4-3-5-11(9)14(17)16-12-7-6-10(15)8-13(12)18-2/h6-9,11H,3-5,15H2,1-2H3,(H,16,17). The number of benzene rings is 1. The van der Waals surface area contributed by atoms with E-state index in [1.165, 1.54) is 0 Å². The van der Waals surface area contributed by atoms with Gasteiger partial charge in [0.05, 0.1) is 12.8 Å². The van der Waals surface area contributed by atoms with E-state index in [0.717, 1.165) is 19.3 Å². The fourth-order valence-corrected chi connectivity index (χ4v) is 2.57. The lowest BCUT2D eigenvalue weighted by atomic mass is 9.97. The van der Waals surface area contributed by atoms with Gasteiger partial charge in [-0.15, -0.1) is 0 Å². The molecule has 1 fully saturated rings. The van der Waals surface area contributed by atoms with E-state index in [9.17, 15) is 4.79 Å². The van der Waals surface area contributed by atoms with E-state index < -0.39 is 0 Å². The van der Waals surface area contributed by atoms with Crippen LogP contribution < -0.4 is 15.8 Å². The zero-order valence-electron chi connectivity index (χ0n) is 10.9. The third-order valence-electron chi connectivity index (χ3n) is 3.68. The van der Waals surface area contributed by atoms with Crippen molar-refractivity contribution in [2.75, 3.05) is 18.2 Å². The molecule has 0 bridgehead atoms. The summed E-state index contributed by atoms with van der Waals surface area (Å²) in [5.41, 5.74) is 7.00. The van der Waals surface area contributed by atoms with Crippen molar-refractivity contribution in [1.29, 1.82) is 0 Å². The predicted octanol–water partition coefficient (Wildman–Crippen LogP) is 2.65. The van der Waals surface area contributed by atoms with Crippen molar-refractivity contribution >= 4 is 17.3 Å². The molecular formula is C14H20N2O2. The van der Waals surface area contributed by atoms with Crippen LogP contribution >= 0.6 is 0 Å². The molecule has 98 valence electrons. The van der Waals surface area contributed by atoms with Crippen LogP contribution in [0.5, 0.6) is 5.75 Å². The summed E-state index contributed by atoms with van der Waals surface area (Å²) in [6.07, 6.45) is 3.25. The summed E-state index contributed by atoms with van der Waals surface area (Å²) in [5, 5.41) is 2.94. The first-order valence-electron chi connectivity index (χ1n) is 6.36. The van der Waals surface area contributed by atoms with E-state index in [0.29, 0.717) is 23.0 Å². The molecule has 4 heteroatoms. The highest BCUT2D eigenvalue weighted by molar-refractivity contribution is 5.94. The topological polar surface area (TPSA) is 64.3 Å². The van der Waals surface area contributed by atoms with Gasteiger partial charge in [0.2, 0.25) is 5.91 Å². The van der Waals surface area contributed by atoms with Gasteiger partial charge >= 0.3 is 0 Å². The third-order valence-corrected chi connectivity index (χ3v) is 3.68. The minimum absolute atomic E-state index is 0.0862. The van der Waals surface area contributed by atoms with Crippen LogP contribution in [-0.2, 0) is 4.79 Å². The van der Waals surface area contributed by atoms with Crippen molar-refractivity contribution in [1.82, 2.24) is 0 Å². The lowest BCUT2D eigenvalue weighted by Gasteiger charge is -2.16. The zero-order valence-corrected chi connectivity index (χ0v) is 10.9. The van der Waals surface area contributed by atoms with Crippen molar-refractivity contribution in [2.24, 2.45) is 11.8 Å². The number of carbonyl (C=O) groups excluding carboxylic acids is 1. The van der Waals surface area contributed by atoms with Crippen molar-refractivity contribution in [3.05, 3.63) is 18.2 Å². The molecule has 0 spiro atoms. The molecule has 1 aliphatic rings. The molecule has 1 saturated carbocycles. The second kappa shape index (κ2) is 5.29. The summed E-state index contributed by atoms with van der Waals surface area (Å²) in [6, 6.07) is 5.26. The number of amides is 1. The Kier molecular flexibility index (Phi) is 3.75. The van der Waals surface area contributed by atoms with Crippen LogP contribution in [0.15, 0.2) is 18.2 Å². The molecule has 0 aliphatic heterocycles. The number of methoxy groups -OCH3 is 1. The molecular weight excluding hydrogens is 228 g/mol.